The van der Waals surface area contributed by atoms with Gasteiger partial charge in [0.15, 0.2) is 0 Å². The van der Waals surface area contributed by atoms with E-state index in [2.05, 4.69) is 30.3 Å². The van der Waals surface area contributed by atoms with E-state index in [1.54, 1.807) is 6.92 Å². The van der Waals surface area contributed by atoms with E-state index < -0.39 is 18.1 Å². The highest BCUT2D eigenvalue weighted by Gasteiger charge is 2.25. The summed E-state index contributed by atoms with van der Waals surface area (Å²) < 4.78 is 5.02. The number of carbonyl (C=O) groups excluding carboxylic acids is 1. The van der Waals surface area contributed by atoms with E-state index in [0.717, 1.165) is 19.3 Å². The fourth-order valence-corrected chi connectivity index (χ4v) is 2.31. The molecule has 5 nitrogen and oxygen atoms in total. The number of hydrogen-bond acceptors (Lipinski definition) is 4. The number of rotatable bonds is 8. The molecule has 3 atom stereocenters. The molecule has 0 amide bonds. The van der Waals surface area contributed by atoms with Gasteiger partial charge < -0.3 is 9.84 Å². The number of hydrogen-bond donors (Lipinski definition) is 2. The van der Waals surface area contributed by atoms with Crippen molar-refractivity contribution in [1.82, 2.24) is 5.32 Å². The van der Waals surface area contributed by atoms with Crippen LogP contribution >= 0.6 is 0 Å². The lowest BCUT2D eigenvalue weighted by Crippen LogP contribution is -2.46. The molecule has 0 saturated carbocycles. The van der Waals surface area contributed by atoms with Crippen molar-refractivity contribution < 1.29 is 19.4 Å². The third-order valence-corrected chi connectivity index (χ3v) is 3.55. The number of allylic oxidation sites excluding steroid dienone is 4. The van der Waals surface area contributed by atoms with Crippen molar-refractivity contribution in [3.05, 3.63) is 24.3 Å². The van der Waals surface area contributed by atoms with Gasteiger partial charge in [0.25, 0.3) is 0 Å². The summed E-state index contributed by atoms with van der Waals surface area (Å²) in [7, 11) is 0. The number of carbonyl (C=O) groups is 2. The van der Waals surface area contributed by atoms with Gasteiger partial charge in [0, 0.05) is 0 Å². The Bertz CT molecular complexity index is 440. The van der Waals surface area contributed by atoms with Gasteiger partial charge in [0.2, 0.25) is 0 Å². The van der Waals surface area contributed by atoms with Crippen LogP contribution < -0.4 is 5.32 Å². The maximum Gasteiger partial charge on any atom is 0.323 e. The molecule has 1 aliphatic carbocycles. The number of carboxylic acids is 1. The molecule has 0 heterocycles. The van der Waals surface area contributed by atoms with Gasteiger partial charge >= 0.3 is 11.9 Å². The molecule has 0 saturated heterocycles. The van der Waals surface area contributed by atoms with Crippen molar-refractivity contribution >= 4 is 11.9 Å². The van der Waals surface area contributed by atoms with Gasteiger partial charge in [0.1, 0.15) is 12.1 Å². The molecule has 2 unspecified atom stereocenters. The van der Waals surface area contributed by atoms with Gasteiger partial charge in [-0.2, -0.15) is 0 Å². The monoisotopic (exact) mass is 351 g/mol. The minimum absolute atomic E-state index is 0.297. The van der Waals surface area contributed by atoms with E-state index in [1.807, 2.05) is 26.0 Å². The van der Waals surface area contributed by atoms with E-state index >= 15 is 0 Å². The van der Waals surface area contributed by atoms with E-state index in [4.69, 9.17) is 9.84 Å². The maximum atomic E-state index is 11.9. The number of terminal acetylenes is 1. The van der Waals surface area contributed by atoms with E-state index in [9.17, 15) is 9.59 Å². The van der Waals surface area contributed by atoms with Crippen LogP contribution in [-0.4, -0.2) is 35.7 Å². The first-order valence-electron chi connectivity index (χ1n) is 8.86. The Hall–Kier alpha value is -2.06. The summed E-state index contributed by atoms with van der Waals surface area (Å²) in [6, 6.07) is -1.34. The zero-order valence-electron chi connectivity index (χ0n) is 15.9. The fourth-order valence-electron chi connectivity index (χ4n) is 2.31. The highest BCUT2D eigenvalue weighted by Crippen LogP contribution is 2.19. The molecule has 0 bridgehead atoms. The minimum Gasteiger partial charge on any atom is -0.480 e. The number of ether oxygens (including phenoxy) is 1. The average Bonchev–Trinajstić information content (AvgIpc) is 2.90. The summed E-state index contributed by atoms with van der Waals surface area (Å²) in [6.45, 7) is 7.57. The van der Waals surface area contributed by atoms with Crippen molar-refractivity contribution in [3.8, 4) is 12.8 Å². The normalized spacial score (nSPS) is 17.6. The second-order valence-corrected chi connectivity index (χ2v) is 5.26. The molecule has 0 fully saturated rings. The van der Waals surface area contributed by atoms with E-state index in [0.29, 0.717) is 18.9 Å². The average molecular weight is 351 g/mol. The third kappa shape index (κ3) is 12.0. The van der Waals surface area contributed by atoms with Crippen LogP contribution in [0.4, 0.5) is 0 Å². The molecule has 0 aromatic carbocycles. The van der Waals surface area contributed by atoms with Crippen LogP contribution in [0, 0.1) is 18.8 Å². The highest BCUT2D eigenvalue weighted by atomic mass is 16.5. The van der Waals surface area contributed by atoms with Crippen LogP contribution in [0.5, 0.6) is 0 Å². The van der Waals surface area contributed by atoms with Gasteiger partial charge in [-0.3, -0.25) is 14.9 Å². The second kappa shape index (κ2) is 16.8. The number of aliphatic carboxylic acids is 1. The quantitative estimate of drug-likeness (QED) is 0.516. The lowest BCUT2D eigenvalue weighted by atomic mass is 9.95. The molecule has 1 rings (SSSR count). The molecule has 0 aromatic rings. The molecular weight excluding hydrogens is 318 g/mol. The Morgan fingerprint density at radius 3 is 2.52 bits per heavy atom. The molecule has 5 heteroatoms. The molecule has 2 N–H and O–H groups in total. The van der Waals surface area contributed by atoms with E-state index in [-0.39, 0.29) is 5.97 Å². The summed E-state index contributed by atoms with van der Waals surface area (Å²) in [5.41, 5.74) is 0. The van der Waals surface area contributed by atoms with Crippen molar-refractivity contribution in [2.45, 2.75) is 65.5 Å². The molecule has 0 aromatic heterocycles. The van der Waals surface area contributed by atoms with Crippen molar-refractivity contribution in [2.24, 2.45) is 5.92 Å². The zero-order chi connectivity index (χ0) is 19.7. The van der Waals surface area contributed by atoms with Gasteiger partial charge in [-0.1, -0.05) is 38.2 Å². The largest absolute Gasteiger partial charge is 0.480 e. The summed E-state index contributed by atoms with van der Waals surface area (Å²) in [6.07, 6.45) is 19.8. The Kier molecular flexibility index (Phi) is 16.9. The summed E-state index contributed by atoms with van der Waals surface area (Å²) in [5, 5.41) is 11.8. The first kappa shape index (κ1) is 25.2. The van der Waals surface area contributed by atoms with Crippen LogP contribution in [0.15, 0.2) is 24.3 Å². The molecule has 1 aliphatic rings. The lowest BCUT2D eigenvalue weighted by molar-refractivity contribution is -0.147. The van der Waals surface area contributed by atoms with Gasteiger partial charge in [0.05, 0.1) is 6.61 Å². The number of carboxylic acid groups (broad SMARTS) is 1. The molecule has 25 heavy (non-hydrogen) atoms. The summed E-state index contributed by atoms with van der Waals surface area (Å²) in [4.78, 5) is 22.9. The predicted octanol–water partition coefficient (Wildman–Crippen LogP) is 3.56. The SMILES string of the molecule is C#C.CC.CCOC(=O)[C@H](CCC1C=CC=CCC1)NC(C)C(=O)O. The molecule has 142 valence electrons. The number of nitrogens with one attached hydrogen (secondary N) is 1. The zero-order valence-corrected chi connectivity index (χ0v) is 15.9. The first-order valence-corrected chi connectivity index (χ1v) is 8.86. The Morgan fingerprint density at radius 2 is 1.96 bits per heavy atom. The molecule has 0 radical (unpaired) electrons. The summed E-state index contributed by atoms with van der Waals surface area (Å²) >= 11 is 0. The molecule has 0 aliphatic heterocycles. The van der Waals surface area contributed by atoms with Crippen LogP contribution in [-0.2, 0) is 14.3 Å². The van der Waals surface area contributed by atoms with Crippen LogP contribution in [0.2, 0.25) is 0 Å². The summed E-state index contributed by atoms with van der Waals surface area (Å²) in [5.74, 6) is -0.928. The van der Waals surface area contributed by atoms with Gasteiger partial charge in [-0.05, 0) is 45.4 Å². The van der Waals surface area contributed by atoms with Crippen LogP contribution in [0.1, 0.15) is 53.4 Å². The van der Waals surface area contributed by atoms with Gasteiger partial charge in [-0.15, -0.1) is 12.8 Å². The lowest BCUT2D eigenvalue weighted by Gasteiger charge is -2.21. The van der Waals surface area contributed by atoms with Crippen LogP contribution in [0.25, 0.3) is 0 Å². The Balaban J connectivity index is 0. The topological polar surface area (TPSA) is 75.6 Å². The second-order valence-electron chi connectivity index (χ2n) is 5.26. The Morgan fingerprint density at radius 1 is 1.32 bits per heavy atom. The van der Waals surface area contributed by atoms with Crippen molar-refractivity contribution in [2.75, 3.05) is 6.61 Å². The minimum atomic E-state index is -0.970. The predicted molar refractivity (Wildman–Crippen MR) is 102 cm³/mol. The fraction of sp³-hybridized carbons (Fsp3) is 0.600. The number of esters is 1. The van der Waals surface area contributed by atoms with Crippen LogP contribution in [0.3, 0.4) is 0 Å². The molecule has 0 spiro atoms. The standard InChI is InChI=1S/C16H25NO4.C2H6.C2H2/c1-3-21-16(20)14(17-12(2)15(18)19)11-10-13-8-6-4-5-7-9-13;2*1-2/h4-6,8,12-14,17H,3,7,9-11H2,1-2H3,(H,18,19);1-2H3;1-2H/t12?,13?,14-;;/m0../s1. The smallest absolute Gasteiger partial charge is 0.323 e. The first-order chi connectivity index (χ1) is 12.0. The van der Waals surface area contributed by atoms with Crippen molar-refractivity contribution in [1.29, 1.82) is 0 Å². The van der Waals surface area contributed by atoms with Crippen molar-refractivity contribution in [3.63, 3.8) is 0 Å². The maximum absolute atomic E-state index is 11.9. The third-order valence-electron chi connectivity index (χ3n) is 3.55. The Labute approximate surface area is 152 Å². The molecular formula is C20H33NO4. The van der Waals surface area contributed by atoms with Gasteiger partial charge in [-0.25, -0.2) is 0 Å². The van der Waals surface area contributed by atoms with E-state index in [1.165, 1.54) is 6.92 Å². The highest BCUT2D eigenvalue weighted by molar-refractivity contribution is 5.78.